The van der Waals surface area contributed by atoms with Gasteiger partial charge in [0.1, 0.15) is 17.5 Å². The average molecular weight is 528 g/mol. The zero-order valence-electron chi connectivity index (χ0n) is 22.3. The predicted molar refractivity (Wildman–Crippen MR) is 149 cm³/mol. The first-order valence-corrected chi connectivity index (χ1v) is 13.2. The van der Waals surface area contributed by atoms with Crippen LogP contribution in [0.3, 0.4) is 0 Å². The van der Waals surface area contributed by atoms with E-state index in [4.69, 9.17) is 14.6 Å². The van der Waals surface area contributed by atoms with Gasteiger partial charge < -0.3 is 14.4 Å². The molecule has 2 aromatic carbocycles. The summed E-state index contributed by atoms with van der Waals surface area (Å²) in [5.74, 6) is 0.341. The number of ether oxygens (including phenoxy) is 2. The third-order valence-electron chi connectivity index (χ3n) is 7.16. The number of methoxy groups -OCH3 is 2. The smallest absolute Gasteiger partial charge is 0.305 e. The van der Waals surface area contributed by atoms with Crippen molar-refractivity contribution < 1.29 is 19.1 Å². The number of Topliss-reactive ketones (excluding diaryl/α,β-unsaturated/α-hetero) is 1. The molecule has 9 nitrogen and oxygen atoms in total. The van der Waals surface area contributed by atoms with Crippen LogP contribution in [0.5, 0.6) is 5.75 Å². The van der Waals surface area contributed by atoms with Crippen LogP contribution in [0.4, 0.5) is 5.69 Å². The Hall–Kier alpha value is -4.24. The van der Waals surface area contributed by atoms with E-state index in [1.165, 1.54) is 7.11 Å². The third-order valence-corrected chi connectivity index (χ3v) is 7.16. The standard InChI is InChI=1S/C30H33N5O4/c1-38-26-13-11-22-8-6-16-31-28(22)30(26)34-18-7-17-33(20-21-34)29(25(36)12-14-27(37)39-2)24-15-19-35(32-24)23-9-4-3-5-10-23/h3-6,8-11,13,15-16,19,29H,7,12,14,17-18,20-21H2,1-2H3. The summed E-state index contributed by atoms with van der Waals surface area (Å²) in [5.41, 5.74) is 3.46. The van der Waals surface area contributed by atoms with E-state index in [0.717, 1.165) is 41.0 Å². The van der Waals surface area contributed by atoms with E-state index in [1.54, 1.807) is 18.0 Å². The van der Waals surface area contributed by atoms with Crippen LogP contribution < -0.4 is 9.64 Å². The largest absolute Gasteiger partial charge is 0.494 e. The molecule has 1 atom stereocenters. The second kappa shape index (κ2) is 12.1. The molecule has 9 heteroatoms. The van der Waals surface area contributed by atoms with Gasteiger partial charge in [-0.05, 0) is 42.8 Å². The van der Waals surface area contributed by atoms with Crippen molar-refractivity contribution in [3.8, 4) is 11.4 Å². The van der Waals surface area contributed by atoms with Gasteiger partial charge in [-0.2, -0.15) is 5.10 Å². The summed E-state index contributed by atoms with van der Waals surface area (Å²) in [7, 11) is 3.02. The first-order chi connectivity index (χ1) is 19.1. The van der Waals surface area contributed by atoms with Crippen molar-refractivity contribution in [2.24, 2.45) is 0 Å². The lowest BCUT2D eigenvalue weighted by molar-refractivity contribution is -0.142. The summed E-state index contributed by atoms with van der Waals surface area (Å²) in [6.45, 7) is 2.83. The monoisotopic (exact) mass is 527 g/mol. The Bertz CT molecular complexity index is 1440. The summed E-state index contributed by atoms with van der Waals surface area (Å²) in [5, 5.41) is 5.85. The normalized spacial score (nSPS) is 15.1. The number of para-hydroxylation sites is 1. The van der Waals surface area contributed by atoms with E-state index in [-0.39, 0.29) is 18.6 Å². The van der Waals surface area contributed by atoms with Crippen LogP contribution in [0.25, 0.3) is 16.6 Å². The summed E-state index contributed by atoms with van der Waals surface area (Å²) < 4.78 is 12.3. The second-order valence-corrected chi connectivity index (χ2v) is 9.53. The number of benzene rings is 2. The van der Waals surface area contributed by atoms with E-state index < -0.39 is 12.0 Å². The van der Waals surface area contributed by atoms with Crippen molar-refractivity contribution in [3.05, 3.63) is 78.8 Å². The second-order valence-electron chi connectivity index (χ2n) is 9.53. The lowest BCUT2D eigenvalue weighted by atomic mass is 10.0. The maximum atomic E-state index is 13.6. The number of carbonyl (C=O) groups excluding carboxylic acids is 2. The SMILES string of the molecule is COC(=O)CCC(=O)C(c1ccn(-c2ccccc2)n1)N1CCCN(c2c(OC)ccc3cccnc23)CC1. The number of hydrogen-bond acceptors (Lipinski definition) is 8. The molecule has 1 fully saturated rings. The molecule has 202 valence electrons. The highest BCUT2D eigenvalue weighted by atomic mass is 16.5. The molecule has 1 unspecified atom stereocenters. The molecular formula is C30H33N5O4. The summed E-state index contributed by atoms with van der Waals surface area (Å²) in [6, 6.07) is 19.1. The Balaban J connectivity index is 1.42. The number of hydrogen-bond donors (Lipinski definition) is 0. The molecule has 0 bridgehead atoms. The number of aromatic nitrogens is 3. The van der Waals surface area contributed by atoms with Gasteiger partial charge in [0.15, 0.2) is 5.78 Å². The molecule has 3 heterocycles. The van der Waals surface area contributed by atoms with Gasteiger partial charge in [-0.3, -0.25) is 19.5 Å². The number of carbonyl (C=O) groups is 2. The minimum absolute atomic E-state index is 0.0448. The van der Waals surface area contributed by atoms with Gasteiger partial charge >= 0.3 is 5.97 Å². The van der Waals surface area contributed by atoms with Gasteiger partial charge in [0.25, 0.3) is 0 Å². The Morgan fingerprint density at radius 3 is 2.56 bits per heavy atom. The van der Waals surface area contributed by atoms with Crippen LogP contribution in [-0.4, -0.2) is 71.8 Å². The maximum Gasteiger partial charge on any atom is 0.305 e. The molecule has 0 radical (unpaired) electrons. The van der Waals surface area contributed by atoms with Crippen molar-refractivity contribution >= 4 is 28.3 Å². The minimum Gasteiger partial charge on any atom is -0.494 e. The summed E-state index contributed by atoms with van der Waals surface area (Å²) >= 11 is 0. The molecule has 1 aliphatic heterocycles. The summed E-state index contributed by atoms with van der Waals surface area (Å²) in [4.78, 5) is 34.6. The van der Waals surface area contributed by atoms with Gasteiger partial charge in [0.2, 0.25) is 0 Å². The van der Waals surface area contributed by atoms with Crippen LogP contribution in [0.2, 0.25) is 0 Å². The maximum absolute atomic E-state index is 13.6. The molecule has 0 saturated carbocycles. The minimum atomic E-state index is -0.563. The van der Waals surface area contributed by atoms with E-state index in [0.29, 0.717) is 25.3 Å². The highest BCUT2D eigenvalue weighted by molar-refractivity contribution is 5.94. The highest BCUT2D eigenvalue weighted by Crippen LogP contribution is 2.36. The van der Waals surface area contributed by atoms with Crippen molar-refractivity contribution in [2.75, 3.05) is 45.3 Å². The Labute approximate surface area is 227 Å². The molecule has 0 aliphatic carbocycles. The molecule has 0 N–H and O–H groups in total. The molecule has 0 spiro atoms. The number of ketones is 1. The number of esters is 1. The fourth-order valence-corrected chi connectivity index (χ4v) is 5.23. The fraction of sp³-hybridized carbons (Fsp3) is 0.333. The van der Waals surface area contributed by atoms with Crippen molar-refractivity contribution in [1.29, 1.82) is 0 Å². The first kappa shape index (κ1) is 26.4. The number of anilines is 1. The first-order valence-electron chi connectivity index (χ1n) is 13.2. The van der Waals surface area contributed by atoms with Crippen LogP contribution in [0.15, 0.2) is 73.1 Å². The fourth-order valence-electron chi connectivity index (χ4n) is 5.23. The van der Waals surface area contributed by atoms with Crippen LogP contribution in [0.1, 0.15) is 31.0 Å². The molecular weight excluding hydrogens is 494 g/mol. The van der Waals surface area contributed by atoms with Crippen molar-refractivity contribution in [2.45, 2.75) is 25.3 Å². The van der Waals surface area contributed by atoms with Crippen LogP contribution >= 0.6 is 0 Å². The van der Waals surface area contributed by atoms with Gasteiger partial charge in [0, 0.05) is 50.4 Å². The van der Waals surface area contributed by atoms with Crippen molar-refractivity contribution in [1.82, 2.24) is 19.7 Å². The third kappa shape index (κ3) is 5.78. The van der Waals surface area contributed by atoms with E-state index in [2.05, 4.69) is 20.9 Å². The zero-order valence-corrected chi connectivity index (χ0v) is 22.3. The average Bonchev–Trinajstić information content (AvgIpc) is 3.34. The number of pyridine rings is 1. The van der Waals surface area contributed by atoms with Crippen LogP contribution in [0, 0.1) is 0 Å². The number of rotatable bonds is 9. The molecule has 5 rings (SSSR count). The van der Waals surface area contributed by atoms with Gasteiger partial charge in [0.05, 0.1) is 37.5 Å². The molecule has 2 aromatic heterocycles. The zero-order chi connectivity index (χ0) is 27.2. The number of fused-ring (bicyclic) bond motifs is 1. The highest BCUT2D eigenvalue weighted by Gasteiger charge is 2.32. The number of nitrogens with zero attached hydrogens (tertiary/aromatic N) is 5. The van der Waals surface area contributed by atoms with Gasteiger partial charge in [-0.15, -0.1) is 0 Å². The molecule has 0 amide bonds. The molecule has 39 heavy (non-hydrogen) atoms. The lowest BCUT2D eigenvalue weighted by Gasteiger charge is -2.29. The molecule has 1 saturated heterocycles. The Morgan fingerprint density at radius 2 is 1.77 bits per heavy atom. The molecule has 4 aromatic rings. The molecule has 1 aliphatic rings. The van der Waals surface area contributed by atoms with E-state index in [9.17, 15) is 9.59 Å². The Morgan fingerprint density at radius 1 is 0.923 bits per heavy atom. The van der Waals surface area contributed by atoms with E-state index >= 15 is 0 Å². The Kier molecular flexibility index (Phi) is 8.17. The lowest BCUT2D eigenvalue weighted by Crippen LogP contribution is -2.38. The predicted octanol–water partition coefficient (Wildman–Crippen LogP) is 4.20. The quantitative estimate of drug-likeness (QED) is 0.299. The van der Waals surface area contributed by atoms with Gasteiger partial charge in [-0.1, -0.05) is 24.3 Å². The topological polar surface area (TPSA) is 89.8 Å². The van der Waals surface area contributed by atoms with Crippen molar-refractivity contribution in [3.63, 3.8) is 0 Å². The summed E-state index contributed by atoms with van der Waals surface area (Å²) in [6.07, 6.45) is 4.66. The van der Waals surface area contributed by atoms with Gasteiger partial charge in [-0.25, -0.2) is 4.68 Å². The van der Waals surface area contributed by atoms with Crippen LogP contribution in [-0.2, 0) is 14.3 Å². The van der Waals surface area contributed by atoms with E-state index in [1.807, 2.05) is 60.8 Å².